The maximum absolute atomic E-state index is 13.3. The van der Waals surface area contributed by atoms with Gasteiger partial charge < -0.3 is 14.9 Å². The number of nitro benzene ring substituents is 1. The van der Waals surface area contributed by atoms with Gasteiger partial charge in [0.15, 0.2) is 5.78 Å². The Balaban J connectivity index is 1.98. The Morgan fingerprint density at radius 3 is 2.59 bits per heavy atom. The molecular weight excluding hydrogens is 372 g/mol. The molecule has 1 aromatic heterocycles. The van der Waals surface area contributed by atoms with E-state index in [-0.39, 0.29) is 11.5 Å². The highest BCUT2D eigenvalue weighted by molar-refractivity contribution is 6.17. The molecule has 0 radical (unpaired) electrons. The summed E-state index contributed by atoms with van der Waals surface area (Å²) in [5.74, 6) is 1.01. The van der Waals surface area contributed by atoms with E-state index in [1.807, 2.05) is 0 Å². The van der Waals surface area contributed by atoms with E-state index in [1.165, 1.54) is 12.1 Å². The topological polar surface area (TPSA) is 109 Å². The highest BCUT2D eigenvalue weighted by atomic mass is 16.6. The number of carbonyl (C=O) groups is 1. The number of non-ortho nitro benzene ring substituents is 1. The maximum atomic E-state index is 13.3. The molecule has 3 rings (SSSR count). The van der Waals surface area contributed by atoms with Crippen LogP contribution in [0, 0.1) is 10.1 Å². The molecule has 0 unspecified atom stereocenters. The number of fused-ring (bicyclic) bond motifs is 1. The van der Waals surface area contributed by atoms with Crippen LogP contribution in [0.25, 0.3) is 11.0 Å². The number of ether oxygens (including phenoxy) is 1. The Morgan fingerprint density at radius 2 is 1.93 bits per heavy atom. The maximum Gasteiger partial charge on any atom is 0.270 e. The third kappa shape index (κ3) is 4.63. The minimum atomic E-state index is -0.472. The number of furan rings is 1. The number of aryl methyl sites for hydroxylation is 1. The highest BCUT2D eigenvalue weighted by Gasteiger charge is 2.23. The standard InChI is InChI=1S/C22H24N2O5/c1-2-3-5-20-21(18-14-16(24(26)27)8-11-19(18)29-20)22(25)15-6-9-17(10-7-15)28-13-4-12-23/h6-11,14H,2-5,12-13,23H2,1H3. The van der Waals surface area contributed by atoms with Crippen LogP contribution in [0.15, 0.2) is 46.9 Å². The van der Waals surface area contributed by atoms with Gasteiger partial charge in [-0.05, 0) is 49.7 Å². The Kier molecular flexibility index (Phi) is 6.61. The second-order valence-electron chi connectivity index (χ2n) is 6.79. The second kappa shape index (κ2) is 9.34. The van der Waals surface area contributed by atoms with Gasteiger partial charge in [-0.3, -0.25) is 14.9 Å². The van der Waals surface area contributed by atoms with E-state index in [9.17, 15) is 14.9 Å². The molecule has 0 amide bonds. The van der Waals surface area contributed by atoms with Crippen LogP contribution in [0.2, 0.25) is 0 Å². The third-order valence-electron chi connectivity index (χ3n) is 4.67. The van der Waals surface area contributed by atoms with E-state index < -0.39 is 4.92 Å². The average Bonchev–Trinajstić information content (AvgIpc) is 3.09. The van der Waals surface area contributed by atoms with Gasteiger partial charge in [-0.25, -0.2) is 0 Å². The minimum absolute atomic E-state index is 0.0713. The van der Waals surface area contributed by atoms with Gasteiger partial charge in [0.25, 0.3) is 5.69 Å². The summed E-state index contributed by atoms with van der Waals surface area (Å²) in [5.41, 5.74) is 6.74. The van der Waals surface area contributed by atoms with Crippen molar-refractivity contribution in [2.45, 2.75) is 32.6 Å². The Morgan fingerprint density at radius 1 is 1.17 bits per heavy atom. The number of hydrogen-bond donors (Lipinski definition) is 1. The van der Waals surface area contributed by atoms with Gasteiger partial charge in [0.1, 0.15) is 17.1 Å². The van der Waals surface area contributed by atoms with Gasteiger partial charge in [0, 0.05) is 29.5 Å². The molecule has 7 heteroatoms. The summed E-state index contributed by atoms with van der Waals surface area (Å²) in [6.45, 7) is 3.12. The first kappa shape index (κ1) is 20.5. The molecular formula is C22H24N2O5. The van der Waals surface area contributed by atoms with Crippen molar-refractivity contribution >= 4 is 22.4 Å². The van der Waals surface area contributed by atoms with Crippen LogP contribution in [-0.4, -0.2) is 23.9 Å². The largest absolute Gasteiger partial charge is 0.494 e. The molecule has 0 bridgehead atoms. The van der Waals surface area contributed by atoms with Crippen LogP contribution < -0.4 is 10.5 Å². The van der Waals surface area contributed by atoms with Crippen LogP contribution >= 0.6 is 0 Å². The summed E-state index contributed by atoms with van der Waals surface area (Å²) < 4.78 is 11.5. The first-order valence-electron chi connectivity index (χ1n) is 9.72. The fourth-order valence-electron chi connectivity index (χ4n) is 3.13. The molecule has 1 heterocycles. The summed E-state index contributed by atoms with van der Waals surface area (Å²) in [6, 6.07) is 11.2. The Labute approximate surface area is 168 Å². The van der Waals surface area contributed by atoms with E-state index >= 15 is 0 Å². The zero-order valence-corrected chi connectivity index (χ0v) is 16.3. The lowest BCUT2D eigenvalue weighted by molar-refractivity contribution is -0.384. The number of unbranched alkanes of at least 4 members (excludes halogenated alkanes) is 1. The minimum Gasteiger partial charge on any atom is -0.494 e. The number of benzene rings is 2. The number of carbonyl (C=O) groups excluding carboxylic acids is 1. The van der Waals surface area contributed by atoms with Gasteiger partial charge in [0.2, 0.25) is 0 Å². The molecule has 3 aromatic rings. The first-order chi connectivity index (χ1) is 14.0. The molecule has 0 saturated carbocycles. The Bertz CT molecular complexity index is 1010. The molecule has 2 N–H and O–H groups in total. The van der Waals surface area contributed by atoms with Crippen molar-refractivity contribution in [2.75, 3.05) is 13.2 Å². The van der Waals surface area contributed by atoms with E-state index in [4.69, 9.17) is 14.9 Å². The van der Waals surface area contributed by atoms with E-state index in [0.717, 1.165) is 19.3 Å². The van der Waals surface area contributed by atoms with Gasteiger partial charge >= 0.3 is 0 Å². The smallest absolute Gasteiger partial charge is 0.270 e. The van der Waals surface area contributed by atoms with Gasteiger partial charge in [-0.15, -0.1) is 0 Å². The molecule has 152 valence electrons. The van der Waals surface area contributed by atoms with Crippen LogP contribution in [-0.2, 0) is 6.42 Å². The van der Waals surface area contributed by atoms with Gasteiger partial charge in [-0.2, -0.15) is 0 Å². The quantitative estimate of drug-likeness (QED) is 0.231. The first-order valence-corrected chi connectivity index (χ1v) is 9.72. The van der Waals surface area contributed by atoms with E-state index in [2.05, 4.69) is 6.92 Å². The van der Waals surface area contributed by atoms with Crippen molar-refractivity contribution in [3.63, 3.8) is 0 Å². The van der Waals surface area contributed by atoms with Gasteiger partial charge in [-0.1, -0.05) is 13.3 Å². The lowest BCUT2D eigenvalue weighted by Crippen LogP contribution is -2.07. The normalized spacial score (nSPS) is 11.0. The van der Waals surface area contributed by atoms with Crippen molar-refractivity contribution in [3.8, 4) is 5.75 Å². The zero-order chi connectivity index (χ0) is 20.8. The molecule has 2 aromatic carbocycles. The number of nitrogens with two attached hydrogens (primary N) is 1. The van der Waals surface area contributed by atoms with Crippen LogP contribution in [0.5, 0.6) is 5.75 Å². The molecule has 0 atom stereocenters. The lowest BCUT2D eigenvalue weighted by Gasteiger charge is -2.07. The SMILES string of the molecule is CCCCc1oc2ccc([N+](=O)[O-])cc2c1C(=O)c1ccc(OCCCN)cc1. The van der Waals surface area contributed by atoms with Crippen LogP contribution in [0.1, 0.15) is 47.9 Å². The molecule has 0 aliphatic rings. The summed E-state index contributed by atoms with van der Waals surface area (Å²) in [6.07, 6.45) is 3.15. The molecule has 0 saturated heterocycles. The van der Waals surface area contributed by atoms with Crippen molar-refractivity contribution in [2.24, 2.45) is 5.73 Å². The number of nitrogens with zero attached hydrogens (tertiary/aromatic N) is 1. The Hall–Kier alpha value is -3.19. The van der Waals surface area contributed by atoms with Crippen molar-refractivity contribution in [1.82, 2.24) is 0 Å². The monoisotopic (exact) mass is 396 g/mol. The second-order valence-corrected chi connectivity index (χ2v) is 6.79. The van der Waals surface area contributed by atoms with Crippen LogP contribution in [0.4, 0.5) is 5.69 Å². The zero-order valence-electron chi connectivity index (χ0n) is 16.3. The summed E-state index contributed by atoms with van der Waals surface area (Å²) in [5, 5.41) is 11.7. The highest BCUT2D eigenvalue weighted by Crippen LogP contribution is 2.32. The molecule has 0 spiro atoms. The van der Waals surface area contributed by atoms with E-state index in [1.54, 1.807) is 30.3 Å². The molecule has 29 heavy (non-hydrogen) atoms. The number of hydrogen-bond acceptors (Lipinski definition) is 6. The fourth-order valence-corrected chi connectivity index (χ4v) is 3.13. The molecule has 0 aliphatic heterocycles. The summed E-state index contributed by atoms with van der Waals surface area (Å²) in [4.78, 5) is 24.0. The van der Waals surface area contributed by atoms with Gasteiger partial charge in [0.05, 0.1) is 17.1 Å². The molecule has 0 aliphatic carbocycles. The molecule has 7 nitrogen and oxygen atoms in total. The number of nitro groups is 1. The summed E-state index contributed by atoms with van der Waals surface area (Å²) in [7, 11) is 0. The predicted octanol–water partition coefficient (Wildman–Crippen LogP) is 4.64. The lowest BCUT2D eigenvalue weighted by atomic mass is 9.98. The average molecular weight is 396 g/mol. The van der Waals surface area contributed by atoms with Crippen molar-refractivity contribution in [3.05, 3.63) is 69.5 Å². The predicted molar refractivity (Wildman–Crippen MR) is 111 cm³/mol. The summed E-state index contributed by atoms with van der Waals surface area (Å²) >= 11 is 0. The van der Waals surface area contributed by atoms with Crippen molar-refractivity contribution < 1.29 is 18.9 Å². The number of ketones is 1. The fraction of sp³-hybridized carbons (Fsp3) is 0.318. The van der Waals surface area contributed by atoms with Crippen molar-refractivity contribution in [1.29, 1.82) is 0 Å². The number of rotatable bonds is 10. The van der Waals surface area contributed by atoms with Crippen LogP contribution in [0.3, 0.4) is 0 Å². The molecule has 0 fully saturated rings. The van der Waals surface area contributed by atoms with E-state index in [0.29, 0.717) is 53.2 Å². The third-order valence-corrected chi connectivity index (χ3v) is 4.67.